The van der Waals surface area contributed by atoms with E-state index in [1.807, 2.05) is 18.2 Å². The third-order valence-electron chi connectivity index (χ3n) is 6.62. The van der Waals surface area contributed by atoms with Crippen molar-refractivity contribution in [1.82, 2.24) is 15.1 Å². The number of carbonyl (C=O) groups is 3. The summed E-state index contributed by atoms with van der Waals surface area (Å²) in [7, 11) is 3.16. The van der Waals surface area contributed by atoms with Gasteiger partial charge in [0.25, 0.3) is 5.91 Å². The topological polar surface area (TPSA) is 97.4 Å². The average molecular weight is 451 g/mol. The molecule has 0 saturated carbocycles. The molecule has 0 bridgehead atoms. The van der Waals surface area contributed by atoms with Crippen LogP contribution in [0, 0.1) is 0 Å². The van der Waals surface area contributed by atoms with Gasteiger partial charge >= 0.3 is 6.03 Å². The molecule has 0 radical (unpaired) electrons. The van der Waals surface area contributed by atoms with E-state index in [0.717, 1.165) is 16.0 Å². The van der Waals surface area contributed by atoms with Gasteiger partial charge in [0, 0.05) is 25.1 Å². The number of methoxy groups -OCH3 is 2. The minimum atomic E-state index is -1.19. The summed E-state index contributed by atoms with van der Waals surface area (Å²) < 4.78 is 16.4. The number of urea groups is 1. The molecular weight excluding hydrogens is 426 g/mol. The van der Waals surface area contributed by atoms with Gasteiger partial charge in [-0.2, -0.15) is 0 Å². The number of carbonyl (C=O) groups excluding carboxylic acids is 3. The highest BCUT2D eigenvalue weighted by atomic mass is 16.5. The summed E-state index contributed by atoms with van der Waals surface area (Å²) in [4.78, 5) is 42.0. The molecule has 0 aromatic heterocycles. The molecule has 1 fully saturated rings. The zero-order valence-electron chi connectivity index (χ0n) is 18.6. The van der Waals surface area contributed by atoms with Crippen molar-refractivity contribution >= 4 is 17.8 Å². The standard InChI is InChI=1S/C24H25N3O6/c1-31-19-11-15-7-9-26(13-16(15)12-20(19)32-2)21(28)14-27-22(29)24(25-23(27)30)8-10-33-18-6-4-3-5-17(18)24/h3-6,11-12H,7-10,13-14H2,1-2H3,(H,25,30)/t24-/m1/s1. The lowest BCUT2D eigenvalue weighted by Gasteiger charge is -2.33. The van der Waals surface area contributed by atoms with Gasteiger partial charge in [-0.25, -0.2) is 4.79 Å². The van der Waals surface area contributed by atoms with Crippen molar-refractivity contribution < 1.29 is 28.6 Å². The van der Waals surface area contributed by atoms with E-state index in [-0.39, 0.29) is 12.5 Å². The van der Waals surface area contributed by atoms with Gasteiger partial charge in [0.2, 0.25) is 5.91 Å². The number of para-hydroxylation sites is 1. The van der Waals surface area contributed by atoms with E-state index in [1.54, 1.807) is 37.3 Å². The SMILES string of the molecule is COc1cc2c(cc1OC)CN(C(=O)CN1C(=O)N[C@@]3(CCOc4ccccc43)C1=O)CC2. The number of nitrogens with one attached hydrogen (secondary N) is 1. The Kier molecular flexibility index (Phi) is 5.11. The van der Waals surface area contributed by atoms with Gasteiger partial charge in [0.15, 0.2) is 17.0 Å². The number of amides is 4. The zero-order valence-corrected chi connectivity index (χ0v) is 18.6. The fourth-order valence-corrected chi connectivity index (χ4v) is 4.85. The molecule has 9 nitrogen and oxygen atoms in total. The molecule has 3 aliphatic rings. The molecule has 1 saturated heterocycles. The zero-order chi connectivity index (χ0) is 23.2. The molecule has 1 N–H and O–H groups in total. The van der Waals surface area contributed by atoms with Gasteiger partial charge in [-0.3, -0.25) is 14.5 Å². The van der Waals surface area contributed by atoms with Crippen molar-refractivity contribution in [1.29, 1.82) is 0 Å². The number of ether oxygens (including phenoxy) is 3. The second kappa shape index (κ2) is 7.99. The number of fused-ring (bicyclic) bond motifs is 3. The van der Waals surface area contributed by atoms with Crippen LogP contribution < -0.4 is 19.5 Å². The Morgan fingerprint density at radius 1 is 1.12 bits per heavy atom. The predicted octanol–water partition coefficient (Wildman–Crippen LogP) is 1.82. The van der Waals surface area contributed by atoms with Gasteiger partial charge in [-0.1, -0.05) is 18.2 Å². The molecule has 0 unspecified atom stereocenters. The summed E-state index contributed by atoms with van der Waals surface area (Å²) in [5.74, 6) is 1.12. The summed E-state index contributed by atoms with van der Waals surface area (Å²) in [5.41, 5.74) is 1.48. The molecule has 33 heavy (non-hydrogen) atoms. The van der Waals surface area contributed by atoms with Crippen LogP contribution in [0.25, 0.3) is 0 Å². The van der Waals surface area contributed by atoms with E-state index in [0.29, 0.717) is 55.4 Å². The first-order chi connectivity index (χ1) is 16.0. The second-order valence-electron chi connectivity index (χ2n) is 8.36. The van der Waals surface area contributed by atoms with Gasteiger partial charge in [-0.05, 0) is 35.7 Å². The van der Waals surface area contributed by atoms with Crippen LogP contribution in [0.2, 0.25) is 0 Å². The number of rotatable bonds is 4. The number of hydrogen-bond acceptors (Lipinski definition) is 6. The highest BCUT2D eigenvalue weighted by Crippen LogP contribution is 2.41. The number of nitrogens with zero attached hydrogens (tertiary/aromatic N) is 2. The maximum atomic E-state index is 13.4. The van der Waals surface area contributed by atoms with E-state index in [2.05, 4.69) is 5.32 Å². The largest absolute Gasteiger partial charge is 0.493 e. The minimum Gasteiger partial charge on any atom is -0.493 e. The Labute approximate surface area is 191 Å². The molecule has 1 atom stereocenters. The predicted molar refractivity (Wildman–Crippen MR) is 117 cm³/mol. The molecule has 3 aliphatic heterocycles. The first-order valence-electron chi connectivity index (χ1n) is 10.8. The van der Waals surface area contributed by atoms with Crippen molar-refractivity contribution in [3.63, 3.8) is 0 Å². The first-order valence-corrected chi connectivity index (χ1v) is 10.8. The molecule has 0 aliphatic carbocycles. The average Bonchev–Trinajstić information content (AvgIpc) is 3.07. The summed E-state index contributed by atoms with van der Waals surface area (Å²) in [5, 5.41) is 2.83. The molecule has 4 amide bonds. The van der Waals surface area contributed by atoms with E-state index >= 15 is 0 Å². The quantitative estimate of drug-likeness (QED) is 0.713. The summed E-state index contributed by atoms with van der Waals surface area (Å²) in [6.45, 7) is 0.865. The molecule has 5 rings (SSSR count). The highest BCUT2D eigenvalue weighted by Gasteiger charge is 2.55. The molecule has 1 spiro atoms. The van der Waals surface area contributed by atoms with Crippen LogP contribution in [0.3, 0.4) is 0 Å². The fourth-order valence-electron chi connectivity index (χ4n) is 4.85. The van der Waals surface area contributed by atoms with Crippen molar-refractivity contribution in [2.24, 2.45) is 0 Å². The van der Waals surface area contributed by atoms with Crippen LogP contribution in [-0.2, 0) is 28.1 Å². The van der Waals surface area contributed by atoms with Gasteiger partial charge in [0.1, 0.15) is 12.3 Å². The Hall–Kier alpha value is -3.75. The van der Waals surface area contributed by atoms with Crippen LogP contribution in [-0.4, -0.2) is 61.6 Å². The molecular formula is C24H25N3O6. The number of imide groups is 1. The van der Waals surface area contributed by atoms with Crippen LogP contribution in [0.5, 0.6) is 17.2 Å². The van der Waals surface area contributed by atoms with Crippen LogP contribution in [0.4, 0.5) is 4.79 Å². The van der Waals surface area contributed by atoms with Crippen LogP contribution in [0.15, 0.2) is 36.4 Å². The second-order valence-corrected chi connectivity index (χ2v) is 8.36. The smallest absolute Gasteiger partial charge is 0.325 e. The monoisotopic (exact) mass is 451 g/mol. The van der Waals surface area contributed by atoms with E-state index in [9.17, 15) is 14.4 Å². The Morgan fingerprint density at radius 3 is 2.61 bits per heavy atom. The summed E-state index contributed by atoms with van der Waals surface area (Å²) >= 11 is 0. The number of benzene rings is 2. The molecule has 172 valence electrons. The lowest BCUT2D eigenvalue weighted by atomic mass is 9.84. The van der Waals surface area contributed by atoms with Crippen LogP contribution >= 0.6 is 0 Å². The van der Waals surface area contributed by atoms with E-state index in [4.69, 9.17) is 14.2 Å². The Balaban J connectivity index is 1.34. The Bertz CT molecular complexity index is 1150. The minimum absolute atomic E-state index is 0.281. The molecule has 9 heteroatoms. The molecule has 2 aromatic carbocycles. The maximum absolute atomic E-state index is 13.4. The fraction of sp³-hybridized carbons (Fsp3) is 0.375. The van der Waals surface area contributed by atoms with Crippen molar-refractivity contribution in [3.8, 4) is 17.2 Å². The first kappa shape index (κ1) is 21.1. The normalized spacial score (nSPS) is 21.3. The third kappa shape index (κ3) is 3.35. The van der Waals surface area contributed by atoms with Gasteiger partial charge in [0.05, 0.1) is 20.8 Å². The molecule has 3 heterocycles. The van der Waals surface area contributed by atoms with E-state index < -0.39 is 17.5 Å². The summed E-state index contributed by atoms with van der Waals surface area (Å²) in [6, 6.07) is 10.4. The maximum Gasteiger partial charge on any atom is 0.325 e. The molecule has 2 aromatic rings. The highest BCUT2D eigenvalue weighted by molar-refractivity contribution is 6.09. The summed E-state index contributed by atoms with van der Waals surface area (Å²) in [6.07, 6.45) is 0.966. The van der Waals surface area contributed by atoms with Crippen molar-refractivity contribution in [2.75, 3.05) is 33.9 Å². The van der Waals surface area contributed by atoms with Crippen LogP contribution in [0.1, 0.15) is 23.1 Å². The van der Waals surface area contributed by atoms with E-state index in [1.165, 1.54) is 0 Å². The van der Waals surface area contributed by atoms with Gasteiger partial charge in [-0.15, -0.1) is 0 Å². The lowest BCUT2D eigenvalue weighted by Crippen LogP contribution is -2.48. The number of hydrogen-bond donors (Lipinski definition) is 1. The lowest BCUT2D eigenvalue weighted by molar-refractivity contribution is -0.140. The van der Waals surface area contributed by atoms with Crippen molar-refractivity contribution in [3.05, 3.63) is 53.1 Å². The third-order valence-corrected chi connectivity index (χ3v) is 6.62. The van der Waals surface area contributed by atoms with Crippen molar-refractivity contribution in [2.45, 2.75) is 24.9 Å². The van der Waals surface area contributed by atoms with Gasteiger partial charge < -0.3 is 24.4 Å². The Morgan fingerprint density at radius 2 is 1.85 bits per heavy atom.